The Morgan fingerprint density at radius 1 is 1.56 bits per heavy atom. The van der Waals surface area contributed by atoms with E-state index >= 15 is 0 Å². The van der Waals surface area contributed by atoms with Gasteiger partial charge in [-0.15, -0.1) is 0 Å². The van der Waals surface area contributed by atoms with Gasteiger partial charge in [-0.25, -0.2) is 4.79 Å². The molecule has 0 saturated carbocycles. The lowest BCUT2D eigenvalue weighted by Gasteiger charge is -2.12. The molecule has 6 heteroatoms. The van der Waals surface area contributed by atoms with Gasteiger partial charge < -0.3 is 15.5 Å². The number of carboxylic acids is 1. The van der Waals surface area contributed by atoms with E-state index in [1.807, 2.05) is 0 Å². The molecule has 0 aliphatic heterocycles. The molecule has 1 rings (SSSR count). The number of nitrogens with one attached hydrogen (secondary N) is 1. The molecule has 1 aromatic heterocycles. The summed E-state index contributed by atoms with van der Waals surface area (Å²) in [6, 6.07) is 0.360. The number of aromatic hydroxyl groups is 1. The minimum Gasteiger partial charge on any atom is -0.505 e. The molecule has 86 valence electrons. The van der Waals surface area contributed by atoms with Crippen LogP contribution in [0, 0.1) is 0 Å². The Bertz CT molecular complexity index is 406. The monoisotopic (exact) mass is 224 g/mol. The van der Waals surface area contributed by atoms with Crippen LogP contribution < -0.4 is 5.32 Å². The summed E-state index contributed by atoms with van der Waals surface area (Å²) in [6.07, 6.45) is 2.74. The normalized spacial score (nSPS) is 11.8. The quantitative estimate of drug-likeness (QED) is 0.686. The topological polar surface area (TPSA) is 99.5 Å². The van der Waals surface area contributed by atoms with Crippen molar-refractivity contribution in [1.82, 2.24) is 10.3 Å². The first kappa shape index (κ1) is 12.0. The molecule has 1 amide bonds. The number of carboxylic acid groups (broad SMARTS) is 1. The smallest absolute Gasteiger partial charge is 0.326 e. The van der Waals surface area contributed by atoms with Gasteiger partial charge in [-0.1, -0.05) is 6.92 Å². The van der Waals surface area contributed by atoms with Crippen molar-refractivity contribution in [3.05, 3.63) is 24.0 Å². The van der Waals surface area contributed by atoms with Crippen molar-refractivity contribution < 1.29 is 19.8 Å². The molecule has 0 fully saturated rings. The van der Waals surface area contributed by atoms with Gasteiger partial charge in [0.25, 0.3) is 5.91 Å². The van der Waals surface area contributed by atoms with Crippen molar-refractivity contribution in [2.24, 2.45) is 0 Å². The fourth-order valence-electron chi connectivity index (χ4n) is 1.15. The Kier molecular flexibility index (Phi) is 3.82. The van der Waals surface area contributed by atoms with E-state index in [0.29, 0.717) is 0 Å². The van der Waals surface area contributed by atoms with Gasteiger partial charge in [0.2, 0.25) is 0 Å². The van der Waals surface area contributed by atoms with Gasteiger partial charge in [0, 0.05) is 6.20 Å². The number of aromatic nitrogens is 1. The second kappa shape index (κ2) is 5.11. The number of hydrogen-bond donors (Lipinski definition) is 3. The predicted molar refractivity (Wildman–Crippen MR) is 55.1 cm³/mol. The van der Waals surface area contributed by atoms with E-state index in [9.17, 15) is 14.7 Å². The zero-order chi connectivity index (χ0) is 12.1. The average molecular weight is 224 g/mol. The van der Waals surface area contributed by atoms with Crippen LogP contribution >= 0.6 is 0 Å². The molecule has 1 unspecified atom stereocenters. The Hall–Kier alpha value is -2.11. The maximum Gasteiger partial charge on any atom is 0.326 e. The van der Waals surface area contributed by atoms with Crippen molar-refractivity contribution in [3.8, 4) is 5.75 Å². The molecule has 0 aromatic carbocycles. The highest BCUT2D eigenvalue weighted by Gasteiger charge is 2.19. The molecule has 1 aromatic rings. The number of pyridine rings is 1. The summed E-state index contributed by atoms with van der Waals surface area (Å²) in [5.74, 6) is -2.02. The van der Waals surface area contributed by atoms with Gasteiger partial charge in [0.05, 0.1) is 11.8 Å². The third-order valence-electron chi connectivity index (χ3n) is 2.06. The summed E-state index contributed by atoms with van der Waals surface area (Å²) in [5.41, 5.74) is 0.00898. The summed E-state index contributed by atoms with van der Waals surface area (Å²) in [5, 5.41) is 20.4. The number of carbonyl (C=O) groups is 2. The summed E-state index contributed by atoms with van der Waals surface area (Å²) in [7, 11) is 0. The van der Waals surface area contributed by atoms with E-state index in [1.165, 1.54) is 12.3 Å². The van der Waals surface area contributed by atoms with Crippen LogP contribution in [-0.4, -0.2) is 33.1 Å². The average Bonchev–Trinajstić information content (AvgIpc) is 2.25. The number of rotatable bonds is 4. The molecule has 16 heavy (non-hydrogen) atoms. The first-order valence-corrected chi connectivity index (χ1v) is 4.73. The van der Waals surface area contributed by atoms with Gasteiger partial charge in [-0.05, 0) is 12.5 Å². The van der Waals surface area contributed by atoms with Crippen molar-refractivity contribution in [2.75, 3.05) is 0 Å². The molecule has 0 aliphatic rings. The second-order valence-electron chi connectivity index (χ2n) is 3.17. The second-order valence-corrected chi connectivity index (χ2v) is 3.17. The SMILES string of the molecule is CCC(NC(=O)c1ccncc1O)C(=O)O. The van der Waals surface area contributed by atoms with Crippen LogP contribution in [0.1, 0.15) is 23.7 Å². The standard InChI is InChI=1S/C10H12N2O4/c1-2-7(10(15)16)12-9(14)6-3-4-11-5-8(6)13/h3-5,7,13H,2H2,1H3,(H,12,14)(H,15,16). The van der Waals surface area contributed by atoms with Crippen LogP contribution in [0.3, 0.4) is 0 Å². The third-order valence-corrected chi connectivity index (χ3v) is 2.06. The van der Waals surface area contributed by atoms with Crippen LogP contribution in [0.2, 0.25) is 0 Å². The molecule has 0 spiro atoms. The van der Waals surface area contributed by atoms with E-state index in [-0.39, 0.29) is 17.7 Å². The summed E-state index contributed by atoms with van der Waals surface area (Å²) < 4.78 is 0. The molecule has 1 heterocycles. The number of carbonyl (C=O) groups excluding carboxylic acids is 1. The minimum absolute atomic E-state index is 0.00898. The van der Waals surface area contributed by atoms with Crippen molar-refractivity contribution in [3.63, 3.8) is 0 Å². The van der Waals surface area contributed by atoms with Gasteiger partial charge in [0.1, 0.15) is 11.8 Å². The summed E-state index contributed by atoms with van der Waals surface area (Å²) in [6.45, 7) is 1.64. The summed E-state index contributed by atoms with van der Waals surface area (Å²) >= 11 is 0. The molecule has 6 nitrogen and oxygen atoms in total. The van der Waals surface area contributed by atoms with E-state index in [1.54, 1.807) is 6.92 Å². The van der Waals surface area contributed by atoms with Crippen molar-refractivity contribution in [1.29, 1.82) is 0 Å². The molecule has 0 bridgehead atoms. The molecular weight excluding hydrogens is 212 g/mol. The van der Waals surface area contributed by atoms with E-state index < -0.39 is 17.9 Å². The number of amides is 1. The lowest BCUT2D eigenvalue weighted by Crippen LogP contribution is -2.40. The number of aliphatic carboxylic acids is 1. The van der Waals surface area contributed by atoms with Crippen LogP contribution in [0.25, 0.3) is 0 Å². The van der Waals surface area contributed by atoms with E-state index in [4.69, 9.17) is 5.11 Å². The third kappa shape index (κ3) is 2.69. The van der Waals surface area contributed by atoms with Gasteiger partial charge in [-0.3, -0.25) is 9.78 Å². The predicted octanol–water partition coefficient (Wildman–Crippen LogP) is 0.380. The largest absolute Gasteiger partial charge is 0.505 e. The molecule has 0 radical (unpaired) electrons. The van der Waals surface area contributed by atoms with Crippen molar-refractivity contribution in [2.45, 2.75) is 19.4 Å². The molecule has 0 aliphatic carbocycles. The van der Waals surface area contributed by atoms with E-state index in [0.717, 1.165) is 6.20 Å². The van der Waals surface area contributed by atoms with Crippen molar-refractivity contribution >= 4 is 11.9 Å². The first-order valence-electron chi connectivity index (χ1n) is 4.73. The molecule has 0 saturated heterocycles. The summed E-state index contributed by atoms with van der Waals surface area (Å²) in [4.78, 5) is 25.9. The highest BCUT2D eigenvalue weighted by molar-refractivity contribution is 5.98. The van der Waals surface area contributed by atoms with Gasteiger partial charge in [-0.2, -0.15) is 0 Å². The van der Waals surface area contributed by atoms with Crippen LogP contribution in [0.4, 0.5) is 0 Å². The number of hydrogen-bond acceptors (Lipinski definition) is 4. The van der Waals surface area contributed by atoms with Gasteiger partial charge in [0.15, 0.2) is 0 Å². The van der Waals surface area contributed by atoms with Crippen LogP contribution in [0.5, 0.6) is 5.75 Å². The lowest BCUT2D eigenvalue weighted by atomic mass is 10.2. The fraction of sp³-hybridized carbons (Fsp3) is 0.300. The first-order chi connectivity index (χ1) is 7.56. The Balaban J connectivity index is 2.80. The number of nitrogens with zero attached hydrogens (tertiary/aromatic N) is 1. The lowest BCUT2D eigenvalue weighted by molar-refractivity contribution is -0.139. The van der Waals surface area contributed by atoms with Gasteiger partial charge >= 0.3 is 5.97 Å². The molecule has 1 atom stereocenters. The maximum atomic E-state index is 11.6. The maximum absolute atomic E-state index is 11.6. The van der Waals surface area contributed by atoms with Crippen LogP contribution in [0.15, 0.2) is 18.5 Å². The molecular formula is C10H12N2O4. The zero-order valence-corrected chi connectivity index (χ0v) is 8.67. The Morgan fingerprint density at radius 3 is 2.75 bits per heavy atom. The Labute approximate surface area is 91.9 Å². The zero-order valence-electron chi connectivity index (χ0n) is 8.67. The Morgan fingerprint density at radius 2 is 2.25 bits per heavy atom. The van der Waals surface area contributed by atoms with Crippen LogP contribution in [-0.2, 0) is 4.79 Å². The highest BCUT2D eigenvalue weighted by atomic mass is 16.4. The minimum atomic E-state index is -1.11. The highest BCUT2D eigenvalue weighted by Crippen LogP contribution is 2.13. The fourth-order valence-corrected chi connectivity index (χ4v) is 1.15. The molecule has 3 N–H and O–H groups in total. The van der Waals surface area contributed by atoms with E-state index in [2.05, 4.69) is 10.3 Å².